The van der Waals surface area contributed by atoms with Crippen LogP contribution in [0.2, 0.25) is 0 Å². The minimum atomic E-state index is -0.956. The van der Waals surface area contributed by atoms with E-state index in [9.17, 15) is 14.7 Å². The van der Waals surface area contributed by atoms with Gasteiger partial charge in [0.25, 0.3) is 0 Å². The number of ether oxygens (including phenoxy) is 1. The molecule has 5 heteroatoms. The molecule has 2 rings (SSSR count). The van der Waals surface area contributed by atoms with E-state index in [1.807, 2.05) is 42.5 Å². The van der Waals surface area contributed by atoms with Crippen LogP contribution >= 0.6 is 0 Å². The van der Waals surface area contributed by atoms with Gasteiger partial charge in [-0.1, -0.05) is 62.2 Å². The summed E-state index contributed by atoms with van der Waals surface area (Å²) >= 11 is 0. The van der Waals surface area contributed by atoms with Gasteiger partial charge in [0.1, 0.15) is 6.61 Å². The maximum Gasteiger partial charge on any atom is 0.305 e. The van der Waals surface area contributed by atoms with Crippen LogP contribution in [0.4, 0.5) is 0 Å². The van der Waals surface area contributed by atoms with E-state index in [-0.39, 0.29) is 18.9 Å². The van der Waals surface area contributed by atoms with Gasteiger partial charge in [0.15, 0.2) is 0 Å². The first-order valence-corrected chi connectivity index (χ1v) is 8.68. The summed E-state index contributed by atoms with van der Waals surface area (Å²) in [6.07, 6.45) is 2.91. The first kappa shape index (κ1) is 18.9. The molecule has 0 aromatic heterocycles. The van der Waals surface area contributed by atoms with Crippen LogP contribution in [-0.4, -0.2) is 30.2 Å². The number of hydrogen-bond acceptors (Lipinski definition) is 3. The quantitative estimate of drug-likeness (QED) is 0.645. The Morgan fingerprint density at radius 2 is 1.88 bits per heavy atom. The number of nitrogens with one attached hydrogen (secondary N) is 1. The van der Waals surface area contributed by atoms with Crippen LogP contribution in [0, 0.1) is 0 Å². The fraction of sp³-hybridized carbons (Fsp3) is 0.400. The average molecular weight is 343 g/mol. The zero-order chi connectivity index (χ0) is 18.1. The van der Waals surface area contributed by atoms with Crippen LogP contribution in [-0.2, 0) is 14.3 Å². The second kappa shape index (κ2) is 9.79. The van der Waals surface area contributed by atoms with Crippen LogP contribution in [0.3, 0.4) is 0 Å². The second-order valence-electron chi connectivity index (χ2n) is 6.05. The number of carbonyl (C=O) groups excluding carboxylic acids is 1. The van der Waals surface area contributed by atoms with E-state index >= 15 is 0 Å². The van der Waals surface area contributed by atoms with Gasteiger partial charge in [0, 0.05) is 6.61 Å². The molecule has 0 unspecified atom stereocenters. The van der Waals surface area contributed by atoms with Crippen molar-refractivity contribution in [3.8, 4) is 0 Å². The Hall–Kier alpha value is -2.40. The number of aliphatic carboxylic acids is 1. The third kappa shape index (κ3) is 5.87. The van der Waals surface area contributed by atoms with E-state index in [0.717, 1.165) is 35.6 Å². The molecule has 2 aromatic carbocycles. The topological polar surface area (TPSA) is 75.6 Å². The van der Waals surface area contributed by atoms with Crippen molar-refractivity contribution in [3.05, 3.63) is 48.0 Å². The van der Waals surface area contributed by atoms with Crippen molar-refractivity contribution in [3.63, 3.8) is 0 Å². The monoisotopic (exact) mass is 343 g/mol. The second-order valence-corrected chi connectivity index (χ2v) is 6.05. The first-order valence-electron chi connectivity index (χ1n) is 8.68. The molecule has 2 aromatic rings. The highest BCUT2D eigenvalue weighted by atomic mass is 16.5. The molecule has 1 amide bonds. The highest BCUT2D eigenvalue weighted by Gasteiger charge is 2.20. The molecule has 0 saturated heterocycles. The molecule has 25 heavy (non-hydrogen) atoms. The number of fused-ring (bicyclic) bond motifs is 1. The predicted octanol–water partition coefficient (Wildman–Crippen LogP) is 3.68. The Morgan fingerprint density at radius 3 is 2.64 bits per heavy atom. The zero-order valence-electron chi connectivity index (χ0n) is 14.5. The molecule has 0 aliphatic heterocycles. The minimum Gasteiger partial charge on any atom is -0.481 e. The van der Waals surface area contributed by atoms with Gasteiger partial charge in [-0.2, -0.15) is 0 Å². The van der Waals surface area contributed by atoms with Gasteiger partial charge in [-0.15, -0.1) is 0 Å². The van der Waals surface area contributed by atoms with Gasteiger partial charge in [-0.25, -0.2) is 0 Å². The Bertz CT molecular complexity index is 708. The summed E-state index contributed by atoms with van der Waals surface area (Å²) in [7, 11) is 0. The van der Waals surface area contributed by atoms with E-state index in [2.05, 4.69) is 12.2 Å². The average Bonchev–Trinajstić information content (AvgIpc) is 2.60. The molecule has 0 spiro atoms. The largest absolute Gasteiger partial charge is 0.481 e. The minimum absolute atomic E-state index is 0.0510. The molecule has 0 aliphatic rings. The maximum atomic E-state index is 12.1. The van der Waals surface area contributed by atoms with Crippen molar-refractivity contribution in [1.82, 2.24) is 5.32 Å². The highest BCUT2D eigenvalue weighted by Crippen LogP contribution is 2.26. The number of rotatable bonds is 10. The fourth-order valence-electron chi connectivity index (χ4n) is 2.82. The van der Waals surface area contributed by atoms with Crippen molar-refractivity contribution in [1.29, 1.82) is 0 Å². The van der Waals surface area contributed by atoms with Crippen molar-refractivity contribution in [2.45, 2.75) is 38.6 Å². The lowest BCUT2D eigenvalue weighted by Gasteiger charge is -2.19. The van der Waals surface area contributed by atoms with Gasteiger partial charge >= 0.3 is 5.97 Å². The van der Waals surface area contributed by atoms with Crippen LogP contribution in [0.15, 0.2) is 42.5 Å². The van der Waals surface area contributed by atoms with Gasteiger partial charge in [0.2, 0.25) is 5.91 Å². The van der Waals surface area contributed by atoms with E-state index in [0.29, 0.717) is 6.61 Å². The van der Waals surface area contributed by atoms with Crippen molar-refractivity contribution < 1.29 is 19.4 Å². The van der Waals surface area contributed by atoms with Gasteiger partial charge < -0.3 is 15.2 Å². The molecule has 0 radical (unpaired) electrons. The Labute approximate surface area is 148 Å². The number of carboxylic acids is 1. The Balaban J connectivity index is 2.08. The zero-order valence-corrected chi connectivity index (χ0v) is 14.5. The normalized spacial score (nSPS) is 12.0. The van der Waals surface area contributed by atoms with E-state index in [1.54, 1.807) is 0 Å². The summed E-state index contributed by atoms with van der Waals surface area (Å²) in [5.74, 6) is -1.25. The van der Waals surface area contributed by atoms with Gasteiger partial charge in [0.05, 0.1) is 12.5 Å². The molecule has 5 nitrogen and oxygen atoms in total. The standard InChI is InChI=1S/C20H25NO4/c1-2-3-6-12-25-14-19(22)21-18(13-20(23)24)17-11-7-9-15-8-4-5-10-16(15)17/h4-5,7-11,18H,2-3,6,12-14H2,1H3,(H,21,22)(H,23,24)/t18-/m1/s1. The number of benzene rings is 2. The van der Waals surface area contributed by atoms with Gasteiger partial charge in [-0.05, 0) is 22.8 Å². The molecular formula is C20H25NO4. The lowest BCUT2D eigenvalue weighted by molar-refractivity contribution is -0.138. The van der Waals surface area contributed by atoms with Gasteiger partial charge in [-0.3, -0.25) is 9.59 Å². The SMILES string of the molecule is CCCCCOCC(=O)N[C@H](CC(=O)O)c1cccc2ccccc12. The molecule has 0 heterocycles. The molecule has 0 bridgehead atoms. The van der Waals surface area contributed by atoms with Crippen LogP contribution in [0.5, 0.6) is 0 Å². The number of hydrogen-bond donors (Lipinski definition) is 2. The third-order valence-corrected chi connectivity index (χ3v) is 4.04. The molecule has 1 atom stereocenters. The lowest BCUT2D eigenvalue weighted by atomic mass is 9.96. The van der Waals surface area contributed by atoms with Crippen molar-refractivity contribution >= 4 is 22.6 Å². The fourth-order valence-corrected chi connectivity index (χ4v) is 2.82. The van der Waals surface area contributed by atoms with Crippen molar-refractivity contribution in [2.24, 2.45) is 0 Å². The van der Waals surface area contributed by atoms with E-state index in [1.165, 1.54) is 0 Å². The molecule has 0 aliphatic carbocycles. The number of unbranched alkanes of at least 4 members (excludes halogenated alkanes) is 2. The smallest absolute Gasteiger partial charge is 0.305 e. The van der Waals surface area contributed by atoms with E-state index < -0.39 is 12.0 Å². The third-order valence-electron chi connectivity index (χ3n) is 4.04. The maximum absolute atomic E-state index is 12.1. The molecule has 0 saturated carbocycles. The number of amides is 1. The summed E-state index contributed by atoms with van der Waals surface area (Å²) < 4.78 is 5.37. The predicted molar refractivity (Wildman–Crippen MR) is 97.4 cm³/mol. The first-order chi connectivity index (χ1) is 12.1. The summed E-state index contributed by atoms with van der Waals surface area (Å²) in [5, 5.41) is 14.0. The molecular weight excluding hydrogens is 318 g/mol. The van der Waals surface area contributed by atoms with Crippen LogP contribution in [0.25, 0.3) is 10.8 Å². The molecule has 0 fully saturated rings. The summed E-state index contributed by atoms with van der Waals surface area (Å²) in [6, 6.07) is 12.9. The lowest BCUT2D eigenvalue weighted by Crippen LogP contribution is -2.33. The van der Waals surface area contributed by atoms with Crippen LogP contribution in [0.1, 0.15) is 44.2 Å². The highest BCUT2D eigenvalue weighted by molar-refractivity contribution is 5.87. The summed E-state index contributed by atoms with van der Waals surface area (Å²) in [5.41, 5.74) is 0.805. The van der Waals surface area contributed by atoms with E-state index in [4.69, 9.17) is 4.74 Å². The molecule has 134 valence electrons. The van der Waals surface area contributed by atoms with Crippen LogP contribution < -0.4 is 5.32 Å². The summed E-state index contributed by atoms with van der Waals surface area (Å²) in [4.78, 5) is 23.4. The summed E-state index contributed by atoms with van der Waals surface area (Å²) in [6.45, 7) is 2.59. The molecule has 2 N–H and O–H groups in total. The number of carboxylic acid groups (broad SMARTS) is 1. The number of carbonyl (C=O) groups is 2. The van der Waals surface area contributed by atoms with Crippen molar-refractivity contribution in [2.75, 3.05) is 13.2 Å². The Kier molecular flexibility index (Phi) is 7.41. The Morgan fingerprint density at radius 1 is 1.12 bits per heavy atom.